The summed E-state index contributed by atoms with van der Waals surface area (Å²) in [6.45, 7) is 0.958. The van der Waals surface area contributed by atoms with Crippen molar-refractivity contribution in [3.8, 4) is 0 Å². The second-order valence-corrected chi connectivity index (χ2v) is 18.1. The fraction of sp³-hybridized carbons (Fsp3) is 0.750. The van der Waals surface area contributed by atoms with Crippen LogP contribution in [0.25, 0.3) is 0 Å². The van der Waals surface area contributed by atoms with E-state index in [9.17, 15) is 0 Å². The van der Waals surface area contributed by atoms with Gasteiger partial charge in [0.05, 0.1) is 0 Å². The van der Waals surface area contributed by atoms with Crippen LogP contribution in [0.1, 0.15) is 12.8 Å². The minimum atomic E-state index is -1.80. The second kappa shape index (κ2) is 3.16. The van der Waals surface area contributed by atoms with Crippen LogP contribution in [0.4, 0.5) is 0 Å². The van der Waals surface area contributed by atoms with Gasteiger partial charge in [0.25, 0.3) is 0 Å². The Hall–Kier alpha value is 0.339. The van der Waals surface area contributed by atoms with Crippen LogP contribution in [0.3, 0.4) is 0 Å². The van der Waals surface area contributed by atoms with E-state index in [-0.39, 0.29) is 0 Å². The van der Waals surface area contributed by atoms with E-state index >= 15 is 0 Å². The quantitative estimate of drug-likeness (QED) is 0.647. The summed E-state index contributed by atoms with van der Waals surface area (Å²) in [7, 11) is 0. The molecule has 0 aliphatic carbocycles. The Morgan fingerprint density at radius 1 is 1.40 bits per heavy atom. The Kier molecular flexibility index (Phi) is 2.66. The molecule has 0 atom stereocenters. The first-order valence-electron chi connectivity index (χ1n) is 3.94. The molecule has 0 radical (unpaired) electrons. The molecule has 0 N–H and O–H groups in total. The molecule has 2 heteroatoms. The molecule has 0 aromatic heterocycles. The number of allylic oxidation sites excluding steroid dienone is 1. The van der Waals surface area contributed by atoms with Gasteiger partial charge >= 0.3 is 67.2 Å². The van der Waals surface area contributed by atoms with Gasteiger partial charge in [-0.3, -0.25) is 0 Å². The van der Waals surface area contributed by atoms with E-state index in [4.69, 9.17) is 4.74 Å². The summed E-state index contributed by atoms with van der Waals surface area (Å²) in [5, 5.41) is 0. The van der Waals surface area contributed by atoms with E-state index < -0.39 is 18.4 Å². The molecule has 1 nitrogen and oxygen atoms in total. The van der Waals surface area contributed by atoms with Gasteiger partial charge in [0.2, 0.25) is 0 Å². The average molecular weight is 247 g/mol. The summed E-state index contributed by atoms with van der Waals surface area (Å²) in [4.78, 5) is 7.18. The standard InChI is InChI=1S/C5H7O.3CH3.Sn/c1-2-4-6-5-3-1;;;;/h2H,1,3,5H2;3*1H3;. The predicted molar refractivity (Wildman–Crippen MR) is 46.6 cm³/mol. The number of hydrogen-bond acceptors (Lipinski definition) is 1. The van der Waals surface area contributed by atoms with Crippen LogP contribution in [0.15, 0.2) is 9.85 Å². The third-order valence-corrected chi connectivity index (χ3v) is 6.89. The van der Waals surface area contributed by atoms with Crippen molar-refractivity contribution in [2.24, 2.45) is 0 Å². The van der Waals surface area contributed by atoms with E-state index in [2.05, 4.69) is 20.9 Å². The monoisotopic (exact) mass is 248 g/mol. The Bertz CT molecular complexity index is 144. The maximum atomic E-state index is 5.60. The molecule has 10 heavy (non-hydrogen) atoms. The summed E-state index contributed by atoms with van der Waals surface area (Å²) in [6.07, 6.45) is 4.76. The van der Waals surface area contributed by atoms with Crippen molar-refractivity contribution in [3.63, 3.8) is 0 Å². The van der Waals surface area contributed by atoms with Crippen molar-refractivity contribution in [1.29, 1.82) is 0 Å². The molecule has 0 aromatic rings. The van der Waals surface area contributed by atoms with Crippen LogP contribution in [-0.2, 0) is 4.74 Å². The SMILES string of the molecule is [CH3][Sn]([CH3])([CH3])[C]1=CCCCO1. The molecule has 1 aliphatic heterocycles. The molecule has 0 spiro atoms. The van der Waals surface area contributed by atoms with Crippen LogP contribution in [0, 0.1) is 0 Å². The first kappa shape index (κ1) is 8.44. The van der Waals surface area contributed by atoms with Crippen molar-refractivity contribution in [1.82, 2.24) is 0 Å². The molecule has 0 saturated heterocycles. The van der Waals surface area contributed by atoms with Gasteiger partial charge in [0.1, 0.15) is 0 Å². The van der Waals surface area contributed by atoms with E-state index in [0.717, 1.165) is 6.61 Å². The van der Waals surface area contributed by atoms with Gasteiger partial charge in [0, 0.05) is 0 Å². The zero-order valence-electron chi connectivity index (χ0n) is 7.11. The van der Waals surface area contributed by atoms with Gasteiger partial charge in [0.15, 0.2) is 0 Å². The van der Waals surface area contributed by atoms with Crippen molar-refractivity contribution in [2.45, 2.75) is 27.7 Å². The van der Waals surface area contributed by atoms with Crippen molar-refractivity contribution in [2.75, 3.05) is 6.61 Å². The van der Waals surface area contributed by atoms with Crippen molar-refractivity contribution < 1.29 is 4.74 Å². The molecule has 0 unspecified atom stereocenters. The zero-order valence-corrected chi connectivity index (χ0v) is 9.96. The van der Waals surface area contributed by atoms with E-state index in [0.29, 0.717) is 0 Å². The Morgan fingerprint density at radius 3 is 2.40 bits per heavy atom. The molecule has 1 aliphatic rings. The van der Waals surface area contributed by atoms with Gasteiger partial charge in [-0.05, 0) is 0 Å². The van der Waals surface area contributed by atoms with Gasteiger partial charge in [-0.25, -0.2) is 0 Å². The summed E-state index contributed by atoms with van der Waals surface area (Å²) in [6, 6.07) is 0. The van der Waals surface area contributed by atoms with Crippen LogP contribution >= 0.6 is 0 Å². The van der Waals surface area contributed by atoms with E-state index in [1.165, 1.54) is 16.6 Å². The topological polar surface area (TPSA) is 9.23 Å². The third kappa shape index (κ3) is 2.18. The molecule has 0 saturated carbocycles. The second-order valence-electron chi connectivity index (χ2n) is 3.81. The van der Waals surface area contributed by atoms with Crippen LogP contribution in [0.2, 0.25) is 14.8 Å². The van der Waals surface area contributed by atoms with Gasteiger partial charge < -0.3 is 0 Å². The van der Waals surface area contributed by atoms with Crippen LogP contribution in [-0.4, -0.2) is 25.0 Å². The van der Waals surface area contributed by atoms with E-state index in [1.54, 1.807) is 0 Å². The zero-order chi connectivity index (χ0) is 7.61. The van der Waals surface area contributed by atoms with Crippen LogP contribution < -0.4 is 0 Å². The summed E-state index contributed by atoms with van der Waals surface area (Å²) in [5.41, 5.74) is 0. The summed E-state index contributed by atoms with van der Waals surface area (Å²) >= 11 is -1.80. The van der Waals surface area contributed by atoms with Gasteiger partial charge in [-0.2, -0.15) is 0 Å². The molecule has 0 aromatic carbocycles. The Labute approximate surface area is 67.3 Å². The molecule has 1 rings (SSSR count). The predicted octanol–water partition coefficient (Wildman–Crippen LogP) is 2.56. The third-order valence-electron chi connectivity index (χ3n) is 1.67. The van der Waals surface area contributed by atoms with Crippen LogP contribution in [0.5, 0.6) is 0 Å². The Balaban J connectivity index is 2.62. The fourth-order valence-electron chi connectivity index (χ4n) is 1.08. The normalized spacial score (nSPS) is 19.7. The van der Waals surface area contributed by atoms with Gasteiger partial charge in [-0.1, -0.05) is 0 Å². The summed E-state index contributed by atoms with van der Waals surface area (Å²) in [5.74, 6) is 0. The Morgan fingerprint density at radius 2 is 2.10 bits per heavy atom. The molecule has 0 fully saturated rings. The number of hydrogen-bond donors (Lipinski definition) is 0. The first-order chi connectivity index (χ1) is 4.61. The number of ether oxygens (including phenoxy) is 1. The average Bonchev–Trinajstić information content (AvgIpc) is 1.88. The number of rotatable bonds is 1. The molecular weight excluding hydrogens is 231 g/mol. The first-order valence-corrected chi connectivity index (χ1v) is 13.9. The van der Waals surface area contributed by atoms with E-state index in [1.807, 2.05) is 0 Å². The van der Waals surface area contributed by atoms with Crippen molar-refractivity contribution in [3.05, 3.63) is 9.85 Å². The minimum absolute atomic E-state index is 0.958. The maximum absolute atomic E-state index is 5.60. The fourth-order valence-corrected chi connectivity index (χ4v) is 4.77. The van der Waals surface area contributed by atoms with Gasteiger partial charge in [-0.15, -0.1) is 0 Å². The molecule has 58 valence electrons. The van der Waals surface area contributed by atoms with Crippen molar-refractivity contribution >= 4 is 18.4 Å². The molecular formula is C8H16OSn. The molecule has 1 heterocycles. The molecule has 0 bridgehead atoms. The molecule has 0 amide bonds. The summed E-state index contributed by atoms with van der Waals surface area (Å²) < 4.78 is 6.97.